The first-order valence-corrected chi connectivity index (χ1v) is 15.0. The minimum Gasteiger partial charge on any atom is -0.337 e. The van der Waals surface area contributed by atoms with Gasteiger partial charge in [0.15, 0.2) is 17.5 Å². The van der Waals surface area contributed by atoms with E-state index < -0.39 is 0 Å². The number of anilines is 2. The molecule has 1 atom stereocenters. The molecule has 6 nitrogen and oxygen atoms in total. The first-order valence-electron chi connectivity index (χ1n) is 14.2. The van der Waals surface area contributed by atoms with Crippen molar-refractivity contribution < 1.29 is 0 Å². The number of amidine groups is 2. The van der Waals surface area contributed by atoms with E-state index in [1.54, 1.807) is 12.1 Å². The minimum absolute atomic E-state index is 0.0400. The summed E-state index contributed by atoms with van der Waals surface area (Å²) in [5.74, 6) is 2.08. The smallest absolute Gasteiger partial charge is 0.179 e. The molecule has 1 N–H and O–H groups in total. The Morgan fingerprint density at radius 3 is 2.23 bits per heavy atom. The van der Waals surface area contributed by atoms with Gasteiger partial charge in [-0.2, -0.15) is 5.10 Å². The standard InChI is InChI=1S/C35H30Cl2N6/c1-21-30-31(22-14-16-23(17-15-22)35(2,3)4)42-29-13-9-8-12-28(29)39-32(38-24-18-19-26(36)27(37)20-24)34(42)40-33(30)43(41-21)25-10-6-5-7-11-25/h5-20,31H,1-4H3,(H,38,39). The Balaban J connectivity index is 1.47. The number of hydrogen-bond acceptors (Lipinski definition) is 5. The van der Waals surface area contributed by atoms with Crippen LogP contribution in [0.25, 0.3) is 5.69 Å². The number of benzene rings is 4. The molecule has 8 heteroatoms. The maximum Gasteiger partial charge on any atom is 0.179 e. The summed E-state index contributed by atoms with van der Waals surface area (Å²) in [6.07, 6.45) is 0. The first-order chi connectivity index (χ1) is 20.7. The van der Waals surface area contributed by atoms with Gasteiger partial charge in [0.2, 0.25) is 0 Å². The normalized spacial score (nSPS) is 15.7. The summed E-state index contributed by atoms with van der Waals surface area (Å²) >= 11 is 12.6. The maximum absolute atomic E-state index is 6.39. The summed E-state index contributed by atoms with van der Waals surface area (Å²) < 4.78 is 1.93. The third kappa shape index (κ3) is 4.81. The molecular weight excluding hydrogens is 575 g/mol. The van der Waals surface area contributed by atoms with Gasteiger partial charge in [-0.15, -0.1) is 0 Å². The van der Waals surface area contributed by atoms with Crippen LogP contribution in [0.5, 0.6) is 0 Å². The molecule has 0 radical (unpaired) electrons. The molecule has 1 aromatic heterocycles. The lowest BCUT2D eigenvalue weighted by Crippen LogP contribution is -2.46. The zero-order valence-corrected chi connectivity index (χ0v) is 25.8. The van der Waals surface area contributed by atoms with E-state index in [1.165, 1.54) is 5.56 Å². The second-order valence-corrected chi connectivity index (χ2v) is 12.7. The Kier molecular flexibility index (Phi) is 6.64. The zero-order chi connectivity index (χ0) is 29.9. The first kappa shape index (κ1) is 27.4. The highest BCUT2D eigenvalue weighted by molar-refractivity contribution is 6.52. The fourth-order valence-electron chi connectivity index (χ4n) is 5.74. The monoisotopic (exact) mass is 604 g/mol. The highest BCUT2D eigenvalue weighted by atomic mass is 35.5. The van der Waals surface area contributed by atoms with E-state index in [-0.39, 0.29) is 11.5 Å². The Hall–Kier alpha value is -4.39. The Labute approximate surface area is 261 Å². The molecule has 214 valence electrons. The molecule has 0 spiro atoms. The van der Waals surface area contributed by atoms with Crippen LogP contribution in [0, 0.1) is 6.92 Å². The quantitative estimate of drug-likeness (QED) is 0.223. The lowest BCUT2D eigenvalue weighted by Gasteiger charge is -2.40. The number of nitrogens with zero attached hydrogens (tertiary/aromatic N) is 5. The van der Waals surface area contributed by atoms with Crippen molar-refractivity contribution in [2.45, 2.75) is 39.2 Å². The summed E-state index contributed by atoms with van der Waals surface area (Å²) in [5, 5.41) is 9.47. The maximum atomic E-state index is 6.39. The number of para-hydroxylation sites is 3. The van der Waals surface area contributed by atoms with Crippen LogP contribution < -0.4 is 10.2 Å². The van der Waals surface area contributed by atoms with Gasteiger partial charge in [-0.3, -0.25) is 0 Å². The predicted molar refractivity (Wildman–Crippen MR) is 178 cm³/mol. The van der Waals surface area contributed by atoms with Gasteiger partial charge in [-0.1, -0.05) is 98.6 Å². The number of nitrogens with one attached hydrogen (secondary N) is 1. The molecule has 1 unspecified atom stereocenters. The van der Waals surface area contributed by atoms with Crippen LogP contribution in [-0.2, 0) is 5.41 Å². The van der Waals surface area contributed by atoms with Crippen LogP contribution in [0.1, 0.15) is 49.2 Å². The highest BCUT2D eigenvalue weighted by Crippen LogP contribution is 2.48. The summed E-state index contributed by atoms with van der Waals surface area (Å²) in [5.41, 5.74) is 7.97. The third-order valence-electron chi connectivity index (χ3n) is 7.91. The Morgan fingerprint density at radius 1 is 0.791 bits per heavy atom. The summed E-state index contributed by atoms with van der Waals surface area (Å²) in [6, 6.07) is 32.5. The largest absolute Gasteiger partial charge is 0.337 e. The minimum atomic E-state index is -0.198. The molecule has 2 aliphatic heterocycles. The molecule has 0 bridgehead atoms. The molecule has 2 aliphatic rings. The SMILES string of the molecule is Cc1nn(-c2ccccc2)c2c1C(c1ccc(C(C)(C)C)cc1)N1C(=N2)C(Nc2ccc(Cl)c(Cl)c2)=Nc2ccccc21. The molecule has 3 heterocycles. The summed E-state index contributed by atoms with van der Waals surface area (Å²) in [4.78, 5) is 12.6. The summed E-state index contributed by atoms with van der Waals surface area (Å²) in [7, 11) is 0. The molecule has 0 saturated heterocycles. The van der Waals surface area contributed by atoms with Gasteiger partial charge in [0, 0.05) is 11.3 Å². The fourth-order valence-corrected chi connectivity index (χ4v) is 6.04. The van der Waals surface area contributed by atoms with Crippen molar-refractivity contribution >= 4 is 57.8 Å². The molecule has 5 aromatic rings. The van der Waals surface area contributed by atoms with Crippen LogP contribution in [0.2, 0.25) is 10.0 Å². The molecule has 0 saturated carbocycles. The van der Waals surface area contributed by atoms with Crippen molar-refractivity contribution in [2.24, 2.45) is 9.98 Å². The van der Waals surface area contributed by atoms with Crippen LogP contribution in [0.15, 0.2) is 107 Å². The van der Waals surface area contributed by atoms with Crippen molar-refractivity contribution in [1.82, 2.24) is 9.78 Å². The number of hydrogen-bond donors (Lipinski definition) is 1. The fraction of sp³-hybridized carbons (Fsp3) is 0.171. The van der Waals surface area contributed by atoms with Gasteiger partial charge < -0.3 is 10.2 Å². The van der Waals surface area contributed by atoms with Crippen molar-refractivity contribution in [1.29, 1.82) is 0 Å². The molecule has 4 aromatic carbocycles. The molecular formula is C35H30Cl2N6. The third-order valence-corrected chi connectivity index (χ3v) is 8.65. The van der Waals surface area contributed by atoms with E-state index in [9.17, 15) is 0 Å². The van der Waals surface area contributed by atoms with Crippen LogP contribution in [0.3, 0.4) is 0 Å². The number of aliphatic imine (C=N–C) groups is 2. The highest BCUT2D eigenvalue weighted by Gasteiger charge is 2.41. The van der Waals surface area contributed by atoms with E-state index >= 15 is 0 Å². The van der Waals surface area contributed by atoms with Gasteiger partial charge in [-0.05, 0) is 65.9 Å². The van der Waals surface area contributed by atoms with Crippen LogP contribution in [0.4, 0.5) is 22.9 Å². The van der Waals surface area contributed by atoms with E-state index in [0.717, 1.165) is 45.4 Å². The van der Waals surface area contributed by atoms with Crippen LogP contribution in [-0.4, -0.2) is 21.5 Å². The van der Waals surface area contributed by atoms with E-state index in [1.807, 2.05) is 59.3 Å². The predicted octanol–water partition coefficient (Wildman–Crippen LogP) is 9.58. The second-order valence-electron chi connectivity index (χ2n) is 11.9. The van der Waals surface area contributed by atoms with Crippen molar-refractivity contribution in [2.75, 3.05) is 10.2 Å². The van der Waals surface area contributed by atoms with Gasteiger partial charge in [0.1, 0.15) is 0 Å². The average molecular weight is 606 g/mol. The van der Waals surface area contributed by atoms with E-state index in [0.29, 0.717) is 21.7 Å². The van der Waals surface area contributed by atoms with Gasteiger partial charge in [0.25, 0.3) is 0 Å². The van der Waals surface area contributed by atoms with Crippen molar-refractivity contribution in [3.8, 4) is 5.69 Å². The Morgan fingerprint density at radius 2 is 1.51 bits per heavy atom. The van der Waals surface area contributed by atoms with Gasteiger partial charge in [-0.25, -0.2) is 14.7 Å². The van der Waals surface area contributed by atoms with E-state index in [4.69, 9.17) is 38.3 Å². The Bertz CT molecular complexity index is 1920. The number of halogens is 2. The lowest BCUT2D eigenvalue weighted by molar-refractivity contribution is 0.589. The number of aryl methyl sites for hydroxylation is 1. The lowest BCUT2D eigenvalue weighted by atomic mass is 9.85. The second kappa shape index (κ2) is 10.4. The van der Waals surface area contributed by atoms with Gasteiger partial charge in [0.05, 0.1) is 38.8 Å². The molecule has 43 heavy (non-hydrogen) atoms. The number of aromatic nitrogens is 2. The van der Waals surface area contributed by atoms with Crippen molar-refractivity contribution in [3.63, 3.8) is 0 Å². The summed E-state index contributed by atoms with van der Waals surface area (Å²) in [6.45, 7) is 8.77. The molecule has 7 rings (SSSR count). The number of fused-ring (bicyclic) bond motifs is 4. The molecule has 0 amide bonds. The molecule has 0 aliphatic carbocycles. The molecule has 0 fully saturated rings. The number of rotatable bonds is 3. The van der Waals surface area contributed by atoms with Crippen LogP contribution >= 0.6 is 23.2 Å². The van der Waals surface area contributed by atoms with Gasteiger partial charge >= 0.3 is 0 Å². The van der Waals surface area contributed by atoms with Crippen molar-refractivity contribution in [3.05, 3.63) is 129 Å². The zero-order valence-electron chi connectivity index (χ0n) is 24.3. The topological polar surface area (TPSA) is 57.8 Å². The van der Waals surface area contributed by atoms with E-state index in [2.05, 4.69) is 68.2 Å². The average Bonchev–Trinajstić information content (AvgIpc) is 3.34.